The number of amides is 1. The molecule has 0 fully saturated rings. The molecule has 0 bridgehead atoms. The zero-order valence-corrected chi connectivity index (χ0v) is 12.1. The summed E-state index contributed by atoms with van der Waals surface area (Å²) in [5.74, 6) is 0.171. The van der Waals surface area contributed by atoms with E-state index < -0.39 is 5.41 Å². The molecule has 0 aromatic heterocycles. The second kappa shape index (κ2) is 4.48. The molecule has 0 N–H and O–H groups in total. The molecule has 0 saturated heterocycles. The van der Waals surface area contributed by atoms with Gasteiger partial charge in [-0.15, -0.1) is 0 Å². The standard InChI is InChI=1S/C18H19NO/c1-18(2)15-12-8-7-11-14(15)16(19(3)17(18)20)13-9-5-4-6-10-13/h4-12,16H,1-3H3. The van der Waals surface area contributed by atoms with Gasteiger partial charge in [0.15, 0.2) is 0 Å². The van der Waals surface area contributed by atoms with Gasteiger partial charge in [-0.25, -0.2) is 0 Å². The Balaban J connectivity index is 2.23. The van der Waals surface area contributed by atoms with Crippen molar-refractivity contribution in [1.29, 1.82) is 0 Å². The Morgan fingerprint density at radius 1 is 0.950 bits per heavy atom. The number of rotatable bonds is 1. The number of nitrogens with zero attached hydrogens (tertiary/aromatic N) is 1. The minimum Gasteiger partial charge on any atom is -0.334 e. The second-order valence-corrected chi connectivity index (χ2v) is 5.94. The Bertz CT molecular complexity index is 645. The fourth-order valence-electron chi connectivity index (χ4n) is 3.23. The summed E-state index contributed by atoms with van der Waals surface area (Å²) in [6, 6.07) is 18.5. The maximum atomic E-state index is 12.7. The topological polar surface area (TPSA) is 20.3 Å². The van der Waals surface area contributed by atoms with Crippen molar-refractivity contribution >= 4 is 5.91 Å². The lowest BCUT2D eigenvalue weighted by Crippen LogP contribution is -2.48. The van der Waals surface area contributed by atoms with Crippen molar-refractivity contribution in [3.8, 4) is 0 Å². The lowest BCUT2D eigenvalue weighted by Gasteiger charge is -2.43. The monoisotopic (exact) mass is 265 g/mol. The van der Waals surface area contributed by atoms with Gasteiger partial charge >= 0.3 is 0 Å². The number of fused-ring (bicyclic) bond motifs is 1. The summed E-state index contributed by atoms with van der Waals surface area (Å²) in [7, 11) is 1.90. The van der Waals surface area contributed by atoms with Crippen LogP contribution in [0.2, 0.25) is 0 Å². The van der Waals surface area contributed by atoms with Gasteiger partial charge in [-0.05, 0) is 30.5 Å². The molecule has 2 aromatic carbocycles. The minimum absolute atomic E-state index is 0.00734. The summed E-state index contributed by atoms with van der Waals surface area (Å²) in [6.45, 7) is 4.01. The minimum atomic E-state index is -0.462. The van der Waals surface area contributed by atoms with E-state index in [1.165, 1.54) is 5.56 Å². The van der Waals surface area contributed by atoms with Crippen LogP contribution in [0.3, 0.4) is 0 Å². The Hall–Kier alpha value is -2.09. The highest BCUT2D eigenvalue weighted by atomic mass is 16.2. The first-order valence-electron chi connectivity index (χ1n) is 6.95. The average molecular weight is 265 g/mol. The van der Waals surface area contributed by atoms with E-state index in [1.807, 2.05) is 50.1 Å². The summed E-state index contributed by atoms with van der Waals surface area (Å²) in [5.41, 5.74) is 3.06. The molecule has 0 spiro atoms. The fourth-order valence-corrected chi connectivity index (χ4v) is 3.23. The summed E-state index contributed by atoms with van der Waals surface area (Å²) < 4.78 is 0. The van der Waals surface area contributed by atoms with Crippen LogP contribution in [0.4, 0.5) is 0 Å². The van der Waals surface area contributed by atoms with E-state index >= 15 is 0 Å². The first kappa shape index (κ1) is 12.9. The van der Waals surface area contributed by atoms with Gasteiger partial charge in [-0.2, -0.15) is 0 Å². The van der Waals surface area contributed by atoms with Crippen molar-refractivity contribution in [3.63, 3.8) is 0 Å². The molecule has 20 heavy (non-hydrogen) atoms. The molecule has 0 aliphatic carbocycles. The Kier molecular flexibility index (Phi) is 2.89. The quantitative estimate of drug-likeness (QED) is 0.772. The third-order valence-electron chi connectivity index (χ3n) is 4.29. The van der Waals surface area contributed by atoms with Gasteiger partial charge in [0.25, 0.3) is 0 Å². The number of likely N-dealkylation sites (N-methyl/N-ethyl adjacent to an activating group) is 1. The second-order valence-electron chi connectivity index (χ2n) is 5.94. The summed E-state index contributed by atoms with van der Waals surface area (Å²) >= 11 is 0. The molecule has 2 aromatic rings. The first-order valence-corrected chi connectivity index (χ1v) is 6.95. The van der Waals surface area contributed by atoms with Crippen LogP contribution in [0.15, 0.2) is 54.6 Å². The molecule has 0 saturated carbocycles. The largest absolute Gasteiger partial charge is 0.334 e. The Morgan fingerprint density at radius 3 is 2.25 bits per heavy atom. The van der Waals surface area contributed by atoms with Crippen LogP contribution in [-0.4, -0.2) is 17.9 Å². The van der Waals surface area contributed by atoms with Gasteiger partial charge in [-0.3, -0.25) is 4.79 Å². The molecule has 2 nitrogen and oxygen atoms in total. The number of hydrogen-bond donors (Lipinski definition) is 0. The van der Waals surface area contributed by atoms with E-state index in [1.54, 1.807) is 0 Å². The predicted molar refractivity (Wildman–Crippen MR) is 80.5 cm³/mol. The molecule has 0 radical (unpaired) electrons. The van der Waals surface area contributed by atoms with Crippen LogP contribution in [-0.2, 0) is 10.2 Å². The Labute approximate surface area is 120 Å². The van der Waals surface area contributed by atoms with Gasteiger partial charge in [0.2, 0.25) is 5.91 Å². The normalized spacial score (nSPS) is 20.6. The van der Waals surface area contributed by atoms with Crippen molar-refractivity contribution in [3.05, 3.63) is 71.3 Å². The maximum Gasteiger partial charge on any atom is 0.233 e. The van der Waals surface area contributed by atoms with Crippen molar-refractivity contribution < 1.29 is 4.79 Å². The molecule has 1 atom stereocenters. The summed E-state index contributed by atoms with van der Waals surface area (Å²) in [4.78, 5) is 14.6. The van der Waals surface area contributed by atoms with E-state index in [-0.39, 0.29) is 11.9 Å². The average Bonchev–Trinajstić information content (AvgIpc) is 2.47. The van der Waals surface area contributed by atoms with Gasteiger partial charge in [0.1, 0.15) is 0 Å². The smallest absolute Gasteiger partial charge is 0.233 e. The fraction of sp³-hybridized carbons (Fsp3) is 0.278. The van der Waals surface area contributed by atoms with Crippen LogP contribution in [0, 0.1) is 0 Å². The van der Waals surface area contributed by atoms with Crippen molar-refractivity contribution in [2.75, 3.05) is 7.05 Å². The molecular weight excluding hydrogens is 246 g/mol. The Morgan fingerprint density at radius 2 is 1.55 bits per heavy atom. The SMILES string of the molecule is CN1C(=O)C(C)(C)c2ccccc2C1c1ccccc1. The molecule has 3 rings (SSSR count). The number of carbonyl (C=O) groups is 1. The van der Waals surface area contributed by atoms with Crippen LogP contribution < -0.4 is 0 Å². The molecule has 1 unspecified atom stereocenters. The molecule has 102 valence electrons. The number of hydrogen-bond acceptors (Lipinski definition) is 1. The van der Waals surface area contributed by atoms with E-state index in [2.05, 4.69) is 30.3 Å². The number of carbonyl (C=O) groups excluding carboxylic acids is 1. The highest BCUT2D eigenvalue weighted by Gasteiger charge is 2.43. The number of benzene rings is 2. The predicted octanol–water partition coefficient (Wildman–Crippen LogP) is 3.53. The van der Waals surface area contributed by atoms with Gasteiger partial charge in [-0.1, -0.05) is 54.6 Å². The van der Waals surface area contributed by atoms with E-state index in [0.29, 0.717) is 0 Å². The molecule has 2 heteroatoms. The molecule has 1 amide bonds. The van der Waals surface area contributed by atoms with Crippen molar-refractivity contribution in [2.24, 2.45) is 0 Å². The maximum absolute atomic E-state index is 12.7. The summed E-state index contributed by atoms with van der Waals surface area (Å²) in [6.07, 6.45) is 0. The van der Waals surface area contributed by atoms with Crippen molar-refractivity contribution in [2.45, 2.75) is 25.3 Å². The van der Waals surface area contributed by atoms with Crippen LogP contribution in [0.25, 0.3) is 0 Å². The van der Waals surface area contributed by atoms with Crippen LogP contribution in [0.5, 0.6) is 0 Å². The molecular formula is C18H19NO. The van der Waals surface area contributed by atoms with Crippen molar-refractivity contribution in [1.82, 2.24) is 4.90 Å². The zero-order valence-electron chi connectivity index (χ0n) is 12.1. The lowest BCUT2D eigenvalue weighted by molar-refractivity contribution is -0.137. The lowest BCUT2D eigenvalue weighted by atomic mass is 9.74. The third kappa shape index (κ3) is 1.75. The first-order chi connectivity index (χ1) is 9.53. The summed E-state index contributed by atoms with van der Waals surface area (Å²) in [5, 5.41) is 0. The van der Waals surface area contributed by atoms with Gasteiger partial charge < -0.3 is 4.90 Å². The van der Waals surface area contributed by atoms with Crippen LogP contribution in [0.1, 0.15) is 36.6 Å². The zero-order chi connectivity index (χ0) is 14.3. The van der Waals surface area contributed by atoms with Gasteiger partial charge in [0, 0.05) is 7.05 Å². The van der Waals surface area contributed by atoms with Gasteiger partial charge in [0.05, 0.1) is 11.5 Å². The molecule has 1 heterocycles. The van der Waals surface area contributed by atoms with E-state index in [9.17, 15) is 4.79 Å². The molecule has 1 aliphatic heterocycles. The third-order valence-corrected chi connectivity index (χ3v) is 4.29. The van der Waals surface area contributed by atoms with E-state index in [4.69, 9.17) is 0 Å². The van der Waals surface area contributed by atoms with Crippen LogP contribution >= 0.6 is 0 Å². The highest BCUT2D eigenvalue weighted by molar-refractivity contribution is 5.90. The van der Waals surface area contributed by atoms with E-state index in [0.717, 1.165) is 11.1 Å². The highest BCUT2D eigenvalue weighted by Crippen LogP contribution is 2.42. The molecule has 1 aliphatic rings.